The molecule has 0 bridgehead atoms. The third kappa shape index (κ3) is 5.50. The number of amides is 1. The highest BCUT2D eigenvalue weighted by Gasteiger charge is 2.23. The molecule has 1 amide bonds. The van der Waals surface area contributed by atoms with E-state index in [9.17, 15) is 14.3 Å². The van der Waals surface area contributed by atoms with Gasteiger partial charge in [0.15, 0.2) is 0 Å². The summed E-state index contributed by atoms with van der Waals surface area (Å²) in [4.78, 5) is 20.8. The maximum Gasteiger partial charge on any atom is 0.341 e. The SMILES string of the molecule is COP(=O)(O)CNC(Cc1ccccc1)C(=O)NO. The van der Waals surface area contributed by atoms with Crippen molar-refractivity contribution in [1.82, 2.24) is 10.8 Å². The van der Waals surface area contributed by atoms with Crippen LogP contribution in [0.5, 0.6) is 0 Å². The van der Waals surface area contributed by atoms with Crippen LogP contribution in [0.2, 0.25) is 0 Å². The molecule has 106 valence electrons. The number of carbonyl (C=O) groups excluding carboxylic acids is 1. The predicted molar refractivity (Wildman–Crippen MR) is 68.7 cm³/mol. The van der Waals surface area contributed by atoms with E-state index in [1.54, 1.807) is 0 Å². The molecule has 0 radical (unpaired) electrons. The summed E-state index contributed by atoms with van der Waals surface area (Å²) in [7, 11) is -2.64. The highest BCUT2D eigenvalue weighted by Crippen LogP contribution is 2.38. The molecule has 4 N–H and O–H groups in total. The summed E-state index contributed by atoms with van der Waals surface area (Å²) in [5, 5.41) is 11.3. The lowest BCUT2D eigenvalue weighted by Gasteiger charge is -2.18. The minimum Gasteiger partial charge on any atom is -0.323 e. The zero-order chi connectivity index (χ0) is 14.3. The van der Waals surface area contributed by atoms with E-state index in [-0.39, 0.29) is 12.7 Å². The average molecular weight is 288 g/mol. The summed E-state index contributed by atoms with van der Waals surface area (Å²) in [5.41, 5.74) is 2.38. The lowest BCUT2D eigenvalue weighted by atomic mass is 10.1. The maximum absolute atomic E-state index is 11.5. The summed E-state index contributed by atoms with van der Waals surface area (Å²) in [6, 6.07) is 8.26. The monoisotopic (exact) mass is 288 g/mol. The van der Waals surface area contributed by atoms with E-state index in [1.807, 2.05) is 30.3 Å². The van der Waals surface area contributed by atoms with E-state index in [0.29, 0.717) is 0 Å². The number of hydrogen-bond acceptors (Lipinski definition) is 5. The van der Waals surface area contributed by atoms with Gasteiger partial charge in [-0.1, -0.05) is 30.3 Å². The molecule has 0 aliphatic heterocycles. The molecule has 7 nitrogen and oxygen atoms in total. The number of carbonyl (C=O) groups is 1. The van der Waals surface area contributed by atoms with E-state index in [2.05, 4.69) is 9.84 Å². The first kappa shape index (κ1) is 15.8. The molecule has 0 spiro atoms. The summed E-state index contributed by atoms with van der Waals surface area (Å²) < 4.78 is 15.7. The molecule has 1 aromatic carbocycles. The Morgan fingerprint density at radius 2 is 2.05 bits per heavy atom. The second kappa shape index (κ2) is 7.37. The molecular weight excluding hydrogens is 271 g/mol. The Hall–Kier alpha value is -1.24. The molecule has 0 aromatic heterocycles. The van der Waals surface area contributed by atoms with Gasteiger partial charge in [0.25, 0.3) is 5.91 Å². The normalized spacial score (nSPS) is 15.5. The first-order valence-corrected chi connectivity index (χ1v) is 7.33. The Morgan fingerprint density at radius 3 is 2.58 bits per heavy atom. The number of hydrogen-bond donors (Lipinski definition) is 4. The fourth-order valence-corrected chi connectivity index (χ4v) is 2.06. The average Bonchev–Trinajstić information content (AvgIpc) is 2.43. The summed E-state index contributed by atoms with van der Waals surface area (Å²) in [6.45, 7) is 0. The molecule has 19 heavy (non-hydrogen) atoms. The highest BCUT2D eigenvalue weighted by atomic mass is 31.2. The Labute approximate surface area is 111 Å². The van der Waals surface area contributed by atoms with Gasteiger partial charge in [-0.3, -0.25) is 19.9 Å². The van der Waals surface area contributed by atoms with Crippen molar-refractivity contribution in [3.05, 3.63) is 35.9 Å². The maximum atomic E-state index is 11.5. The Morgan fingerprint density at radius 1 is 1.42 bits per heavy atom. The van der Waals surface area contributed by atoms with E-state index in [4.69, 9.17) is 5.21 Å². The third-order valence-corrected chi connectivity index (χ3v) is 3.68. The van der Waals surface area contributed by atoms with E-state index in [0.717, 1.165) is 12.7 Å². The fraction of sp³-hybridized carbons (Fsp3) is 0.364. The van der Waals surface area contributed by atoms with Gasteiger partial charge >= 0.3 is 7.60 Å². The van der Waals surface area contributed by atoms with Crippen LogP contribution in [0.4, 0.5) is 0 Å². The Kier molecular flexibility index (Phi) is 6.14. The zero-order valence-corrected chi connectivity index (χ0v) is 11.3. The topological polar surface area (TPSA) is 108 Å². The molecule has 0 saturated carbocycles. The highest BCUT2D eigenvalue weighted by molar-refractivity contribution is 7.52. The number of hydroxylamine groups is 1. The number of benzene rings is 1. The van der Waals surface area contributed by atoms with Crippen LogP contribution >= 0.6 is 7.60 Å². The molecule has 1 rings (SSSR count). The second-order valence-electron chi connectivity index (χ2n) is 3.90. The standard InChI is InChI=1S/C11H17N2O5P/c1-18-19(16,17)8-12-10(11(14)13-15)7-9-5-3-2-4-6-9/h2-6,10,12,15H,7-8H2,1H3,(H,13,14)(H,16,17). The van der Waals surface area contributed by atoms with Gasteiger partial charge in [-0.2, -0.15) is 0 Å². The molecule has 0 saturated heterocycles. The molecule has 2 atom stereocenters. The quantitative estimate of drug-likeness (QED) is 0.330. The predicted octanol–water partition coefficient (Wildman–Crippen LogP) is 0.482. The molecule has 1 aromatic rings. The van der Waals surface area contributed by atoms with Crippen molar-refractivity contribution in [3.63, 3.8) is 0 Å². The molecule has 0 aliphatic carbocycles. The van der Waals surface area contributed by atoms with Crippen LogP contribution in [0.1, 0.15) is 5.56 Å². The molecule has 8 heteroatoms. The molecular formula is C11H17N2O5P. The van der Waals surface area contributed by atoms with Crippen molar-refractivity contribution in [2.75, 3.05) is 13.4 Å². The first-order valence-electron chi connectivity index (χ1n) is 5.57. The van der Waals surface area contributed by atoms with Crippen LogP contribution in [-0.2, 0) is 20.3 Å². The van der Waals surface area contributed by atoms with Crippen LogP contribution < -0.4 is 10.8 Å². The van der Waals surface area contributed by atoms with Crippen LogP contribution in [0.3, 0.4) is 0 Å². The van der Waals surface area contributed by atoms with Gasteiger partial charge in [0.2, 0.25) is 0 Å². The van der Waals surface area contributed by atoms with Crippen LogP contribution in [0.25, 0.3) is 0 Å². The molecule has 0 heterocycles. The van der Waals surface area contributed by atoms with Crippen molar-refractivity contribution in [2.24, 2.45) is 0 Å². The third-order valence-electron chi connectivity index (χ3n) is 2.53. The van der Waals surface area contributed by atoms with Gasteiger partial charge in [0, 0.05) is 7.11 Å². The fourth-order valence-electron chi connectivity index (χ4n) is 1.48. The summed E-state index contributed by atoms with van der Waals surface area (Å²) in [5.74, 6) is -0.681. The van der Waals surface area contributed by atoms with Crippen LogP contribution in [0, 0.1) is 0 Å². The molecule has 0 fully saturated rings. The van der Waals surface area contributed by atoms with E-state index < -0.39 is 19.5 Å². The summed E-state index contributed by atoms with van der Waals surface area (Å²) in [6.07, 6.45) is -0.106. The van der Waals surface area contributed by atoms with Gasteiger partial charge in [-0.15, -0.1) is 0 Å². The smallest absolute Gasteiger partial charge is 0.323 e. The van der Waals surface area contributed by atoms with Crippen molar-refractivity contribution in [3.8, 4) is 0 Å². The Balaban J connectivity index is 2.68. The van der Waals surface area contributed by atoms with E-state index in [1.165, 1.54) is 5.48 Å². The van der Waals surface area contributed by atoms with Crippen molar-refractivity contribution >= 4 is 13.5 Å². The van der Waals surface area contributed by atoms with E-state index >= 15 is 0 Å². The largest absolute Gasteiger partial charge is 0.341 e. The van der Waals surface area contributed by atoms with Crippen molar-refractivity contribution in [2.45, 2.75) is 12.5 Å². The lowest BCUT2D eigenvalue weighted by molar-refractivity contribution is -0.131. The zero-order valence-electron chi connectivity index (χ0n) is 10.4. The molecule has 2 unspecified atom stereocenters. The van der Waals surface area contributed by atoms with Gasteiger partial charge in [0.05, 0.1) is 12.3 Å². The summed E-state index contributed by atoms with van der Waals surface area (Å²) >= 11 is 0. The lowest BCUT2D eigenvalue weighted by Crippen LogP contribution is -2.44. The first-order chi connectivity index (χ1) is 8.98. The van der Waals surface area contributed by atoms with Crippen LogP contribution in [-0.4, -0.2) is 35.4 Å². The van der Waals surface area contributed by atoms with Gasteiger partial charge in [-0.05, 0) is 12.0 Å². The number of rotatable bonds is 7. The minimum atomic E-state index is -3.75. The van der Waals surface area contributed by atoms with Gasteiger partial charge in [0.1, 0.15) is 0 Å². The van der Waals surface area contributed by atoms with Crippen molar-refractivity contribution < 1.29 is 24.0 Å². The second-order valence-corrected chi connectivity index (χ2v) is 5.86. The van der Waals surface area contributed by atoms with Crippen molar-refractivity contribution in [1.29, 1.82) is 0 Å². The van der Waals surface area contributed by atoms with Gasteiger partial charge < -0.3 is 9.42 Å². The van der Waals surface area contributed by atoms with Gasteiger partial charge in [-0.25, -0.2) is 5.48 Å². The number of nitrogens with one attached hydrogen (secondary N) is 2. The minimum absolute atomic E-state index is 0.275. The Bertz CT molecular complexity index is 454. The van der Waals surface area contributed by atoms with Crippen LogP contribution in [0.15, 0.2) is 30.3 Å². The molecule has 0 aliphatic rings.